The second kappa shape index (κ2) is 9.19. The largest absolute Gasteiger partial charge is 0.369 e. The van der Waals surface area contributed by atoms with Gasteiger partial charge in [0.15, 0.2) is 0 Å². The highest BCUT2D eigenvalue weighted by Crippen LogP contribution is 2.18. The Hall–Kier alpha value is -1.41. The minimum absolute atomic E-state index is 0.303. The minimum atomic E-state index is -3.43. The van der Waals surface area contributed by atoms with Crippen LogP contribution in [0.1, 0.15) is 12.0 Å². The molecule has 1 N–H and O–H groups in total. The van der Waals surface area contributed by atoms with Crippen LogP contribution >= 0.6 is 15.9 Å². The highest BCUT2D eigenvalue weighted by molar-refractivity contribution is 9.10. The van der Waals surface area contributed by atoms with Crippen LogP contribution in [0.4, 0.5) is 5.69 Å². The topological polar surface area (TPSA) is 52.6 Å². The lowest BCUT2D eigenvalue weighted by atomic mass is 10.2. The SMILES string of the molecule is Cc1cccc(N2CCN(CCCNS(=O)(=O)c3ccc(Br)cc3)CC2)c1. The van der Waals surface area contributed by atoms with Crippen molar-refractivity contribution in [1.29, 1.82) is 0 Å². The van der Waals surface area contributed by atoms with E-state index in [1.807, 2.05) is 0 Å². The smallest absolute Gasteiger partial charge is 0.240 e. The van der Waals surface area contributed by atoms with Gasteiger partial charge in [0.2, 0.25) is 10.0 Å². The van der Waals surface area contributed by atoms with Crippen molar-refractivity contribution in [2.75, 3.05) is 44.2 Å². The molecule has 0 saturated carbocycles. The molecule has 1 aliphatic heterocycles. The van der Waals surface area contributed by atoms with Crippen molar-refractivity contribution < 1.29 is 8.42 Å². The number of nitrogens with one attached hydrogen (secondary N) is 1. The van der Waals surface area contributed by atoms with E-state index in [0.29, 0.717) is 11.4 Å². The Morgan fingerprint density at radius 3 is 2.41 bits per heavy atom. The van der Waals surface area contributed by atoms with Crippen LogP contribution in [0, 0.1) is 6.92 Å². The van der Waals surface area contributed by atoms with E-state index in [9.17, 15) is 8.42 Å². The lowest BCUT2D eigenvalue weighted by molar-refractivity contribution is 0.255. The van der Waals surface area contributed by atoms with Crippen molar-refractivity contribution >= 4 is 31.6 Å². The maximum Gasteiger partial charge on any atom is 0.240 e. The molecule has 0 atom stereocenters. The first kappa shape index (κ1) is 20.3. The van der Waals surface area contributed by atoms with E-state index in [1.165, 1.54) is 11.3 Å². The molecular formula is C20H26BrN3O2S. The molecular weight excluding hydrogens is 426 g/mol. The van der Waals surface area contributed by atoms with Gasteiger partial charge in [-0.15, -0.1) is 0 Å². The minimum Gasteiger partial charge on any atom is -0.369 e. The van der Waals surface area contributed by atoms with Gasteiger partial charge in [0.25, 0.3) is 0 Å². The van der Waals surface area contributed by atoms with E-state index in [4.69, 9.17) is 0 Å². The molecule has 0 bridgehead atoms. The fourth-order valence-electron chi connectivity index (χ4n) is 3.26. The number of piperazine rings is 1. The maximum atomic E-state index is 12.3. The zero-order valence-electron chi connectivity index (χ0n) is 15.6. The quantitative estimate of drug-likeness (QED) is 0.656. The number of nitrogens with zero attached hydrogens (tertiary/aromatic N) is 2. The molecule has 0 aliphatic carbocycles. The first-order valence-electron chi connectivity index (χ1n) is 9.23. The number of anilines is 1. The second-order valence-electron chi connectivity index (χ2n) is 6.87. The monoisotopic (exact) mass is 451 g/mol. The number of hydrogen-bond donors (Lipinski definition) is 1. The predicted octanol–water partition coefficient (Wildman–Crippen LogP) is 3.25. The molecule has 146 valence electrons. The average Bonchev–Trinajstić information content (AvgIpc) is 2.66. The van der Waals surface area contributed by atoms with Crippen molar-refractivity contribution in [3.05, 3.63) is 58.6 Å². The fourth-order valence-corrected chi connectivity index (χ4v) is 4.60. The molecule has 0 unspecified atom stereocenters. The van der Waals surface area contributed by atoms with Crippen LogP contribution in [0.2, 0.25) is 0 Å². The van der Waals surface area contributed by atoms with Crippen LogP contribution < -0.4 is 9.62 Å². The molecule has 27 heavy (non-hydrogen) atoms. The van der Waals surface area contributed by atoms with Gasteiger partial charge in [-0.3, -0.25) is 4.90 Å². The summed E-state index contributed by atoms with van der Waals surface area (Å²) in [6.07, 6.45) is 0.806. The Labute approximate surface area is 170 Å². The number of aryl methyl sites for hydroxylation is 1. The number of sulfonamides is 1. The predicted molar refractivity (Wildman–Crippen MR) is 114 cm³/mol. The lowest BCUT2D eigenvalue weighted by Crippen LogP contribution is -2.47. The van der Waals surface area contributed by atoms with Crippen LogP contribution in [-0.2, 0) is 10.0 Å². The molecule has 1 aliphatic rings. The molecule has 0 radical (unpaired) electrons. The van der Waals surface area contributed by atoms with Gasteiger partial charge >= 0.3 is 0 Å². The van der Waals surface area contributed by atoms with Crippen molar-refractivity contribution in [3.63, 3.8) is 0 Å². The third-order valence-corrected chi connectivity index (χ3v) is 6.81. The van der Waals surface area contributed by atoms with E-state index < -0.39 is 10.0 Å². The Morgan fingerprint density at radius 2 is 1.74 bits per heavy atom. The summed E-state index contributed by atoms with van der Waals surface area (Å²) in [5.41, 5.74) is 2.57. The Kier molecular flexibility index (Phi) is 6.92. The van der Waals surface area contributed by atoms with Gasteiger partial charge in [0.05, 0.1) is 4.90 Å². The summed E-state index contributed by atoms with van der Waals surface area (Å²) >= 11 is 3.32. The standard InChI is InChI=1S/C20H26BrN3O2S/c1-17-4-2-5-19(16-17)24-14-12-23(13-15-24)11-3-10-22-27(25,26)20-8-6-18(21)7-9-20/h2,4-9,16,22H,3,10-15H2,1H3. The zero-order chi connectivity index (χ0) is 19.3. The van der Waals surface area contributed by atoms with E-state index in [2.05, 4.69) is 61.6 Å². The Morgan fingerprint density at radius 1 is 1.04 bits per heavy atom. The van der Waals surface area contributed by atoms with Gasteiger partial charge in [0, 0.05) is 42.9 Å². The number of rotatable bonds is 7. The third-order valence-electron chi connectivity index (χ3n) is 4.81. The average molecular weight is 452 g/mol. The zero-order valence-corrected chi connectivity index (χ0v) is 18.0. The van der Waals surface area contributed by atoms with Crippen LogP contribution in [0.25, 0.3) is 0 Å². The summed E-state index contributed by atoms with van der Waals surface area (Å²) < 4.78 is 28.1. The molecule has 7 heteroatoms. The third kappa shape index (κ3) is 5.78. The number of halogens is 1. The van der Waals surface area contributed by atoms with Crippen molar-refractivity contribution in [3.8, 4) is 0 Å². The highest BCUT2D eigenvalue weighted by atomic mass is 79.9. The fraction of sp³-hybridized carbons (Fsp3) is 0.400. The van der Waals surface area contributed by atoms with Crippen LogP contribution in [0.3, 0.4) is 0 Å². The van der Waals surface area contributed by atoms with Gasteiger partial charge in [-0.1, -0.05) is 28.1 Å². The number of benzene rings is 2. The second-order valence-corrected chi connectivity index (χ2v) is 9.56. The van der Waals surface area contributed by atoms with Gasteiger partial charge in [-0.25, -0.2) is 13.1 Å². The van der Waals surface area contributed by atoms with Crippen LogP contribution in [0.5, 0.6) is 0 Å². The molecule has 5 nitrogen and oxygen atoms in total. The summed E-state index contributed by atoms with van der Waals surface area (Å²) in [7, 11) is -3.43. The summed E-state index contributed by atoms with van der Waals surface area (Å²) in [5, 5.41) is 0. The van der Waals surface area contributed by atoms with Crippen LogP contribution in [0.15, 0.2) is 57.9 Å². The van der Waals surface area contributed by atoms with Crippen molar-refractivity contribution in [2.45, 2.75) is 18.2 Å². The van der Waals surface area contributed by atoms with Crippen molar-refractivity contribution in [1.82, 2.24) is 9.62 Å². The molecule has 1 saturated heterocycles. The normalized spacial score (nSPS) is 15.9. The summed E-state index contributed by atoms with van der Waals surface area (Å²) in [6, 6.07) is 15.3. The van der Waals surface area contributed by atoms with Gasteiger partial charge in [-0.2, -0.15) is 0 Å². The van der Waals surface area contributed by atoms with E-state index in [0.717, 1.165) is 43.6 Å². The molecule has 1 heterocycles. The molecule has 2 aromatic rings. The summed E-state index contributed by atoms with van der Waals surface area (Å²) in [6.45, 7) is 7.51. The Balaban J connectivity index is 1.40. The molecule has 0 amide bonds. The van der Waals surface area contributed by atoms with Gasteiger partial charge < -0.3 is 4.90 Å². The van der Waals surface area contributed by atoms with E-state index in [1.54, 1.807) is 24.3 Å². The van der Waals surface area contributed by atoms with E-state index >= 15 is 0 Å². The molecule has 1 fully saturated rings. The molecule has 0 aromatic heterocycles. The first-order chi connectivity index (χ1) is 12.9. The maximum absolute atomic E-state index is 12.3. The van der Waals surface area contributed by atoms with Gasteiger partial charge in [0.1, 0.15) is 0 Å². The van der Waals surface area contributed by atoms with Gasteiger partial charge in [-0.05, 0) is 61.9 Å². The van der Waals surface area contributed by atoms with E-state index in [-0.39, 0.29) is 0 Å². The molecule has 0 spiro atoms. The number of hydrogen-bond acceptors (Lipinski definition) is 4. The first-order valence-corrected chi connectivity index (χ1v) is 11.5. The molecule has 2 aromatic carbocycles. The van der Waals surface area contributed by atoms with Crippen molar-refractivity contribution in [2.24, 2.45) is 0 Å². The lowest BCUT2D eigenvalue weighted by Gasteiger charge is -2.36. The summed E-state index contributed by atoms with van der Waals surface area (Å²) in [5.74, 6) is 0. The van der Waals surface area contributed by atoms with Crippen LogP contribution in [-0.4, -0.2) is 52.6 Å². The Bertz CT molecular complexity index is 848. The summed E-state index contributed by atoms with van der Waals surface area (Å²) in [4.78, 5) is 5.12. The molecule has 3 rings (SSSR count). The highest BCUT2D eigenvalue weighted by Gasteiger charge is 2.17.